The first-order valence-corrected chi connectivity index (χ1v) is 6.56. The average molecular weight is 218 g/mol. The van der Waals surface area contributed by atoms with Crippen molar-refractivity contribution in [2.75, 3.05) is 6.54 Å². The molecule has 2 nitrogen and oxygen atoms in total. The number of pyridine rings is 1. The van der Waals surface area contributed by atoms with Gasteiger partial charge in [-0.1, -0.05) is 38.2 Å². The van der Waals surface area contributed by atoms with Crippen LogP contribution in [0.15, 0.2) is 24.4 Å². The van der Waals surface area contributed by atoms with Crippen LogP contribution in [0, 0.1) is 5.92 Å². The second-order valence-corrected chi connectivity index (χ2v) is 4.79. The van der Waals surface area contributed by atoms with Crippen molar-refractivity contribution in [2.24, 2.45) is 5.92 Å². The first-order valence-electron chi connectivity index (χ1n) is 6.56. The van der Waals surface area contributed by atoms with Gasteiger partial charge in [0.1, 0.15) is 0 Å². The van der Waals surface area contributed by atoms with Crippen LogP contribution in [0.5, 0.6) is 0 Å². The van der Waals surface area contributed by atoms with Gasteiger partial charge in [0.15, 0.2) is 0 Å². The van der Waals surface area contributed by atoms with Crippen molar-refractivity contribution in [3.8, 4) is 0 Å². The Balaban J connectivity index is 1.58. The van der Waals surface area contributed by atoms with E-state index in [1.54, 1.807) is 0 Å². The Labute approximate surface area is 98.5 Å². The molecule has 88 valence electrons. The number of nitrogens with zero attached hydrogens (tertiary/aromatic N) is 1. The van der Waals surface area contributed by atoms with Crippen molar-refractivity contribution in [2.45, 2.75) is 45.1 Å². The van der Waals surface area contributed by atoms with E-state index in [-0.39, 0.29) is 0 Å². The standard InChI is InChI=1S/C14H22N2/c1-2-6-13(7-3-1)9-11-15-12-14-8-4-5-10-16-14/h4-5,8,10,13,15H,1-3,6-7,9,11-12H2. The molecule has 1 saturated carbocycles. The summed E-state index contributed by atoms with van der Waals surface area (Å²) in [5.74, 6) is 0.977. The summed E-state index contributed by atoms with van der Waals surface area (Å²) in [5.41, 5.74) is 1.14. The van der Waals surface area contributed by atoms with Gasteiger partial charge in [-0.2, -0.15) is 0 Å². The SMILES string of the molecule is c1ccc(CNCCC2CCCCC2)nc1. The number of nitrogens with one attached hydrogen (secondary N) is 1. The molecule has 1 heterocycles. The summed E-state index contributed by atoms with van der Waals surface area (Å²) in [6.07, 6.45) is 10.5. The van der Waals surface area contributed by atoms with E-state index in [0.29, 0.717) is 0 Å². The van der Waals surface area contributed by atoms with E-state index >= 15 is 0 Å². The Bertz CT molecular complexity index is 278. The molecule has 1 aromatic rings. The maximum absolute atomic E-state index is 4.30. The summed E-state index contributed by atoms with van der Waals surface area (Å²) in [6.45, 7) is 2.05. The highest BCUT2D eigenvalue weighted by atomic mass is 14.9. The fourth-order valence-electron chi connectivity index (χ4n) is 2.50. The normalized spacial score (nSPS) is 17.5. The largest absolute Gasteiger partial charge is 0.311 e. The van der Waals surface area contributed by atoms with Crippen molar-refractivity contribution < 1.29 is 0 Å². The predicted molar refractivity (Wildman–Crippen MR) is 67.1 cm³/mol. The molecular formula is C14H22N2. The monoisotopic (exact) mass is 218 g/mol. The van der Waals surface area contributed by atoms with Crippen molar-refractivity contribution in [3.05, 3.63) is 30.1 Å². The molecule has 0 bridgehead atoms. The van der Waals surface area contributed by atoms with Gasteiger partial charge in [0, 0.05) is 12.7 Å². The molecule has 0 saturated heterocycles. The molecule has 1 aliphatic rings. The molecule has 0 amide bonds. The van der Waals surface area contributed by atoms with Crippen LogP contribution in [0.1, 0.15) is 44.2 Å². The number of hydrogen-bond acceptors (Lipinski definition) is 2. The summed E-state index contributed by atoms with van der Waals surface area (Å²) in [4.78, 5) is 4.30. The molecule has 1 aromatic heterocycles. The fraction of sp³-hybridized carbons (Fsp3) is 0.643. The van der Waals surface area contributed by atoms with Crippen LogP contribution in [0.4, 0.5) is 0 Å². The lowest BCUT2D eigenvalue weighted by Gasteiger charge is -2.21. The Morgan fingerprint density at radius 3 is 2.81 bits per heavy atom. The molecule has 0 unspecified atom stereocenters. The van der Waals surface area contributed by atoms with Crippen LogP contribution < -0.4 is 5.32 Å². The van der Waals surface area contributed by atoms with Crippen LogP contribution in [0.3, 0.4) is 0 Å². The lowest BCUT2D eigenvalue weighted by atomic mass is 9.87. The molecule has 0 aromatic carbocycles. The minimum Gasteiger partial charge on any atom is -0.311 e. The lowest BCUT2D eigenvalue weighted by Crippen LogP contribution is -2.19. The third kappa shape index (κ3) is 3.93. The maximum atomic E-state index is 4.30. The van der Waals surface area contributed by atoms with Gasteiger partial charge in [-0.3, -0.25) is 4.98 Å². The van der Waals surface area contributed by atoms with Crippen LogP contribution >= 0.6 is 0 Å². The molecule has 0 spiro atoms. The highest BCUT2D eigenvalue weighted by molar-refractivity contribution is 5.02. The van der Waals surface area contributed by atoms with Gasteiger partial charge in [-0.25, -0.2) is 0 Å². The van der Waals surface area contributed by atoms with E-state index < -0.39 is 0 Å². The second-order valence-electron chi connectivity index (χ2n) is 4.79. The molecule has 2 heteroatoms. The molecule has 0 aliphatic heterocycles. The van der Waals surface area contributed by atoms with Crippen molar-refractivity contribution in [1.29, 1.82) is 0 Å². The molecule has 1 aliphatic carbocycles. The van der Waals surface area contributed by atoms with Gasteiger partial charge < -0.3 is 5.32 Å². The third-order valence-corrected chi connectivity index (χ3v) is 3.49. The average Bonchev–Trinajstić information content (AvgIpc) is 2.37. The zero-order valence-electron chi connectivity index (χ0n) is 9.99. The first-order chi connectivity index (χ1) is 7.95. The minimum absolute atomic E-state index is 0.910. The topological polar surface area (TPSA) is 24.9 Å². The van der Waals surface area contributed by atoms with Crippen LogP contribution in [-0.2, 0) is 6.54 Å². The summed E-state index contributed by atoms with van der Waals surface area (Å²) in [6, 6.07) is 6.09. The molecule has 0 radical (unpaired) electrons. The highest BCUT2D eigenvalue weighted by Crippen LogP contribution is 2.25. The molecule has 2 rings (SSSR count). The van der Waals surface area contributed by atoms with Crippen molar-refractivity contribution in [3.63, 3.8) is 0 Å². The molecule has 16 heavy (non-hydrogen) atoms. The van der Waals surface area contributed by atoms with Gasteiger partial charge in [0.05, 0.1) is 5.69 Å². The van der Waals surface area contributed by atoms with Gasteiger partial charge in [-0.15, -0.1) is 0 Å². The third-order valence-electron chi connectivity index (χ3n) is 3.49. The van der Waals surface area contributed by atoms with Crippen LogP contribution in [-0.4, -0.2) is 11.5 Å². The van der Waals surface area contributed by atoms with Gasteiger partial charge >= 0.3 is 0 Å². The van der Waals surface area contributed by atoms with E-state index in [2.05, 4.69) is 16.4 Å². The van der Waals surface area contributed by atoms with Gasteiger partial charge in [0.25, 0.3) is 0 Å². The Morgan fingerprint density at radius 2 is 2.06 bits per heavy atom. The predicted octanol–water partition coefficient (Wildman–Crippen LogP) is 3.14. The second kappa shape index (κ2) is 6.64. The van der Waals surface area contributed by atoms with Crippen LogP contribution in [0.25, 0.3) is 0 Å². The van der Waals surface area contributed by atoms with E-state index in [0.717, 1.165) is 24.7 Å². The number of rotatable bonds is 5. The summed E-state index contributed by atoms with van der Waals surface area (Å²) >= 11 is 0. The summed E-state index contributed by atoms with van der Waals surface area (Å²) < 4.78 is 0. The van der Waals surface area contributed by atoms with E-state index in [4.69, 9.17) is 0 Å². The Morgan fingerprint density at radius 1 is 1.19 bits per heavy atom. The Hall–Kier alpha value is -0.890. The number of aromatic nitrogens is 1. The zero-order valence-corrected chi connectivity index (χ0v) is 9.99. The molecular weight excluding hydrogens is 196 g/mol. The lowest BCUT2D eigenvalue weighted by molar-refractivity contribution is 0.333. The molecule has 0 atom stereocenters. The summed E-state index contributed by atoms with van der Waals surface area (Å²) in [7, 11) is 0. The van der Waals surface area contributed by atoms with Crippen molar-refractivity contribution >= 4 is 0 Å². The van der Waals surface area contributed by atoms with Gasteiger partial charge in [-0.05, 0) is 31.0 Å². The maximum Gasteiger partial charge on any atom is 0.0541 e. The molecule has 1 fully saturated rings. The quantitative estimate of drug-likeness (QED) is 0.768. The van der Waals surface area contributed by atoms with E-state index in [1.165, 1.54) is 38.5 Å². The molecule has 1 N–H and O–H groups in total. The fourth-order valence-corrected chi connectivity index (χ4v) is 2.50. The smallest absolute Gasteiger partial charge is 0.0541 e. The zero-order chi connectivity index (χ0) is 11.1. The number of hydrogen-bond donors (Lipinski definition) is 1. The Kier molecular flexibility index (Phi) is 4.81. The van der Waals surface area contributed by atoms with E-state index in [1.807, 2.05) is 18.3 Å². The highest BCUT2D eigenvalue weighted by Gasteiger charge is 2.12. The van der Waals surface area contributed by atoms with Gasteiger partial charge in [0.2, 0.25) is 0 Å². The summed E-state index contributed by atoms with van der Waals surface area (Å²) in [5, 5.41) is 3.49. The van der Waals surface area contributed by atoms with Crippen molar-refractivity contribution in [1.82, 2.24) is 10.3 Å². The van der Waals surface area contributed by atoms with Crippen LogP contribution in [0.2, 0.25) is 0 Å². The van der Waals surface area contributed by atoms with E-state index in [9.17, 15) is 0 Å². The first kappa shape index (κ1) is 11.6. The minimum atomic E-state index is 0.910.